The topological polar surface area (TPSA) is 86.2 Å². The van der Waals surface area contributed by atoms with Crippen molar-refractivity contribution in [3.63, 3.8) is 0 Å². The zero-order chi connectivity index (χ0) is 9.45. The number of imidazole rings is 1. The van der Waals surface area contributed by atoms with Gasteiger partial charge in [0.1, 0.15) is 0 Å². The van der Waals surface area contributed by atoms with E-state index < -0.39 is 7.60 Å². The van der Waals surface area contributed by atoms with E-state index in [1.807, 2.05) is 0 Å². The molecule has 0 unspecified atom stereocenters. The second-order valence-corrected chi connectivity index (χ2v) is 3.59. The first-order valence-corrected chi connectivity index (χ1v) is 4.94. The molecule has 0 aromatic carbocycles. The molecule has 68 valence electrons. The van der Waals surface area contributed by atoms with Crippen LogP contribution in [0.1, 0.15) is 0 Å². The van der Waals surface area contributed by atoms with Gasteiger partial charge in [0.2, 0.25) is 0 Å². The van der Waals surface area contributed by atoms with Gasteiger partial charge in [-0.1, -0.05) is 6.08 Å². The van der Waals surface area contributed by atoms with Crippen molar-refractivity contribution in [3.05, 3.63) is 31.4 Å². The predicted octanol–water partition coefficient (Wildman–Crippen LogP) is 0.760. The fourth-order valence-electron chi connectivity index (χ4n) is 0.383. The first-order chi connectivity index (χ1) is 5.56. The lowest BCUT2D eigenvalue weighted by molar-refractivity contribution is 0.377. The minimum absolute atomic E-state index is 0.229. The number of nitrogens with one attached hydrogen (secondary N) is 1. The third-order valence-corrected chi connectivity index (χ3v) is 1.51. The van der Waals surface area contributed by atoms with Crippen molar-refractivity contribution in [2.24, 2.45) is 0 Å². The van der Waals surface area contributed by atoms with Gasteiger partial charge in [-0.3, -0.25) is 4.57 Å². The average molecular weight is 190 g/mol. The highest BCUT2D eigenvalue weighted by Gasteiger charge is 2.06. The van der Waals surface area contributed by atoms with Gasteiger partial charge in [-0.2, -0.15) is 0 Å². The number of hydrogen-bond acceptors (Lipinski definition) is 2. The summed E-state index contributed by atoms with van der Waals surface area (Å²) in [5.41, 5.74) is 0. The van der Waals surface area contributed by atoms with Gasteiger partial charge in [0, 0.05) is 12.4 Å². The number of hydrogen-bond donors (Lipinski definition) is 3. The zero-order valence-corrected chi connectivity index (χ0v) is 7.32. The van der Waals surface area contributed by atoms with E-state index in [2.05, 4.69) is 16.5 Å². The van der Waals surface area contributed by atoms with Crippen LogP contribution in [0.2, 0.25) is 0 Å². The molecule has 12 heavy (non-hydrogen) atoms. The first kappa shape index (κ1) is 11.1. The van der Waals surface area contributed by atoms with Crippen LogP contribution in [0.15, 0.2) is 31.4 Å². The molecule has 0 fully saturated rings. The monoisotopic (exact) mass is 190 g/mol. The van der Waals surface area contributed by atoms with Crippen LogP contribution in [-0.4, -0.2) is 25.9 Å². The highest BCUT2D eigenvalue weighted by Crippen LogP contribution is 2.33. The van der Waals surface area contributed by atoms with Crippen molar-refractivity contribution in [2.45, 2.75) is 0 Å². The minimum atomic E-state index is -3.78. The summed E-state index contributed by atoms with van der Waals surface area (Å²) in [5.74, 6) is 0. The summed E-state index contributed by atoms with van der Waals surface area (Å²) in [6.45, 7) is 3.15. The molecule has 0 aliphatic heterocycles. The Kier molecular flexibility index (Phi) is 5.28. The van der Waals surface area contributed by atoms with E-state index in [1.54, 1.807) is 18.7 Å². The van der Waals surface area contributed by atoms with Crippen LogP contribution in [-0.2, 0) is 4.57 Å². The van der Waals surface area contributed by atoms with Crippen LogP contribution in [0.5, 0.6) is 0 Å². The third-order valence-electron chi connectivity index (χ3n) is 0.773. The molecule has 0 bridgehead atoms. The van der Waals surface area contributed by atoms with Gasteiger partial charge in [-0.05, 0) is 0 Å². The molecular formula is C6H11N2O3P. The predicted molar refractivity (Wildman–Crippen MR) is 45.7 cm³/mol. The molecule has 0 aliphatic carbocycles. The SMILES string of the molecule is C=CCP(=O)(O)O.c1c[nH]cn1. The van der Waals surface area contributed by atoms with E-state index in [9.17, 15) is 4.57 Å². The van der Waals surface area contributed by atoms with Gasteiger partial charge >= 0.3 is 7.60 Å². The second kappa shape index (κ2) is 5.71. The number of H-pyrrole nitrogens is 1. The Hall–Kier alpha value is -0.900. The van der Waals surface area contributed by atoms with Gasteiger partial charge in [0.25, 0.3) is 0 Å². The molecule has 5 nitrogen and oxygen atoms in total. The highest BCUT2D eigenvalue weighted by molar-refractivity contribution is 7.51. The van der Waals surface area contributed by atoms with Crippen molar-refractivity contribution in [1.82, 2.24) is 9.97 Å². The molecule has 1 heterocycles. The van der Waals surface area contributed by atoms with Crippen LogP contribution in [0.4, 0.5) is 0 Å². The molecule has 1 aromatic heterocycles. The first-order valence-electron chi connectivity index (χ1n) is 3.14. The Labute approximate surface area is 70.3 Å². The molecule has 0 radical (unpaired) electrons. The standard InChI is InChI=1S/C3H4N2.C3H7O3P/c1-2-5-3-4-1;1-2-3-7(4,5)6/h1-3H,(H,4,5);2H,1,3H2,(H2,4,5,6). The normalized spacial score (nSPS) is 9.83. The second-order valence-electron chi connectivity index (χ2n) is 1.90. The molecule has 0 aliphatic rings. The van der Waals surface area contributed by atoms with E-state index in [-0.39, 0.29) is 6.16 Å². The molecule has 0 spiro atoms. The number of aromatic amines is 1. The van der Waals surface area contributed by atoms with Gasteiger partial charge < -0.3 is 14.8 Å². The van der Waals surface area contributed by atoms with Gasteiger partial charge in [-0.25, -0.2) is 4.98 Å². The number of aromatic nitrogens is 2. The van der Waals surface area contributed by atoms with Crippen LogP contribution in [0, 0.1) is 0 Å². The summed E-state index contributed by atoms with van der Waals surface area (Å²) >= 11 is 0. The van der Waals surface area contributed by atoms with Crippen molar-refractivity contribution < 1.29 is 14.4 Å². The van der Waals surface area contributed by atoms with E-state index in [4.69, 9.17) is 9.79 Å². The summed E-state index contributed by atoms with van der Waals surface area (Å²) in [4.78, 5) is 22.5. The fourth-order valence-corrected chi connectivity index (χ4v) is 0.720. The maximum atomic E-state index is 9.85. The maximum Gasteiger partial charge on any atom is 0.329 e. The molecular weight excluding hydrogens is 179 g/mol. The summed E-state index contributed by atoms with van der Waals surface area (Å²) in [6.07, 6.45) is 6.05. The average Bonchev–Trinajstić information content (AvgIpc) is 2.38. The quantitative estimate of drug-likeness (QED) is 0.474. The van der Waals surface area contributed by atoms with Gasteiger partial charge in [0.05, 0.1) is 12.5 Å². The van der Waals surface area contributed by atoms with E-state index in [0.29, 0.717) is 0 Å². The summed E-state index contributed by atoms with van der Waals surface area (Å²) in [6, 6.07) is 0. The van der Waals surface area contributed by atoms with E-state index in [1.165, 1.54) is 6.08 Å². The van der Waals surface area contributed by atoms with E-state index in [0.717, 1.165) is 0 Å². The summed E-state index contributed by atoms with van der Waals surface area (Å²) < 4.78 is 9.85. The van der Waals surface area contributed by atoms with Crippen molar-refractivity contribution in [2.75, 3.05) is 6.16 Å². The van der Waals surface area contributed by atoms with Crippen molar-refractivity contribution >= 4 is 7.60 Å². The van der Waals surface area contributed by atoms with E-state index >= 15 is 0 Å². The largest absolute Gasteiger partial charge is 0.351 e. The number of nitrogens with zero attached hydrogens (tertiary/aromatic N) is 1. The number of rotatable bonds is 2. The zero-order valence-electron chi connectivity index (χ0n) is 6.42. The lowest BCUT2D eigenvalue weighted by Crippen LogP contribution is -1.78. The summed E-state index contributed by atoms with van der Waals surface area (Å²) in [5, 5.41) is 0. The lowest BCUT2D eigenvalue weighted by atomic mass is 10.8. The highest BCUT2D eigenvalue weighted by atomic mass is 31.2. The molecule has 0 saturated heterocycles. The van der Waals surface area contributed by atoms with Crippen LogP contribution in [0.3, 0.4) is 0 Å². The van der Waals surface area contributed by atoms with Crippen LogP contribution in [0.25, 0.3) is 0 Å². The van der Waals surface area contributed by atoms with Crippen LogP contribution >= 0.6 is 7.60 Å². The molecule has 0 atom stereocenters. The smallest absolute Gasteiger partial charge is 0.329 e. The molecule has 0 saturated carbocycles. The van der Waals surface area contributed by atoms with Gasteiger partial charge in [-0.15, -0.1) is 6.58 Å². The maximum absolute atomic E-state index is 9.85. The Morgan fingerprint density at radius 1 is 1.67 bits per heavy atom. The lowest BCUT2D eigenvalue weighted by Gasteiger charge is -1.94. The van der Waals surface area contributed by atoms with Crippen molar-refractivity contribution in [3.8, 4) is 0 Å². The number of allylic oxidation sites excluding steroid dienone is 1. The molecule has 6 heteroatoms. The van der Waals surface area contributed by atoms with Crippen LogP contribution < -0.4 is 0 Å². The Morgan fingerprint density at radius 2 is 2.33 bits per heavy atom. The molecule has 1 aromatic rings. The van der Waals surface area contributed by atoms with Gasteiger partial charge in [0.15, 0.2) is 0 Å². The Bertz CT molecular complexity index is 224. The summed E-state index contributed by atoms with van der Waals surface area (Å²) in [7, 11) is -3.78. The minimum Gasteiger partial charge on any atom is -0.351 e. The Morgan fingerprint density at radius 3 is 2.42 bits per heavy atom. The third kappa shape index (κ3) is 9.10. The van der Waals surface area contributed by atoms with Crippen molar-refractivity contribution in [1.29, 1.82) is 0 Å². The molecule has 3 N–H and O–H groups in total. The fraction of sp³-hybridized carbons (Fsp3) is 0.167. The Balaban J connectivity index is 0.000000211. The molecule has 1 rings (SSSR count). The molecule has 0 amide bonds.